The lowest BCUT2D eigenvalue weighted by Gasteiger charge is -2.22. The molecule has 0 bridgehead atoms. The lowest BCUT2D eigenvalue weighted by Crippen LogP contribution is -2.47. The Hall–Kier alpha value is -1.89. The van der Waals surface area contributed by atoms with Crippen LogP contribution in [0, 0.1) is 5.92 Å². The molecule has 2 atom stereocenters. The Balaban J connectivity index is 1.64. The zero-order chi connectivity index (χ0) is 18.2. The highest BCUT2D eigenvalue weighted by molar-refractivity contribution is 9.10. The van der Waals surface area contributed by atoms with Gasteiger partial charge in [0.25, 0.3) is 5.91 Å². The summed E-state index contributed by atoms with van der Waals surface area (Å²) in [6, 6.07) is 7.08. The van der Waals surface area contributed by atoms with Crippen LogP contribution in [0.15, 0.2) is 28.7 Å². The molecule has 1 aliphatic heterocycles. The third-order valence-electron chi connectivity index (χ3n) is 5.01. The summed E-state index contributed by atoms with van der Waals surface area (Å²) < 4.78 is 0.969. The number of nitrogens with one attached hydrogen (secondary N) is 2. The van der Waals surface area contributed by atoms with Crippen molar-refractivity contribution in [2.75, 3.05) is 6.54 Å². The van der Waals surface area contributed by atoms with Crippen LogP contribution in [0.25, 0.3) is 0 Å². The number of nitrogens with zero attached hydrogens (tertiary/aromatic N) is 1. The minimum Gasteiger partial charge on any atom is -0.348 e. The summed E-state index contributed by atoms with van der Waals surface area (Å²) in [7, 11) is 0. The molecular weight excluding hydrogens is 386 g/mol. The van der Waals surface area contributed by atoms with Crippen LogP contribution < -0.4 is 10.6 Å². The van der Waals surface area contributed by atoms with E-state index in [1.165, 1.54) is 0 Å². The second-order valence-corrected chi connectivity index (χ2v) is 7.79. The van der Waals surface area contributed by atoms with E-state index in [1.54, 1.807) is 6.92 Å². The highest BCUT2D eigenvalue weighted by Crippen LogP contribution is 2.42. The smallest absolute Gasteiger partial charge is 0.325 e. The predicted molar refractivity (Wildman–Crippen MR) is 96.7 cm³/mol. The van der Waals surface area contributed by atoms with E-state index in [4.69, 9.17) is 0 Å². The van der Waals surface area contributed by atoms with Crippen LogP contribution in [0.3, 0.4) is 0 Å². The summed E-state index contributed by atoms with van der Waals surface area (Å²) in [5, 5.41) is 5.67. The van der Waals surface area contributed by atoms with Gasteiger partial charge in [0.2, 0.25) is 5.91 Å². The third-order valence-corrected chi connectivity index (χ3v) is 5.54. The van der Waals surface area contributed by atoms with Crippen LogP contribution >= 0.6 is 15.9 Å². The van der Waals surface area contributed by atoms with E-state index < -0.39 is 11.6 Å². The maximum atomic E-state index is 12.6. The van der Waals surface area contributed by atoms with Gasteiger partial charge in [-0.05, 0) is 49.8 Å². The van der Waals surface area contributed by atoms with Crippen molar-refractivity contribution < 1.29 is 14.4 Å². The van der Waals surface area contributed by atoms with Crippen LogP contribution in [-0.4, -0.2) is 34.8 Å². The van der Waals surface area contributed by atoms with Gasteiger partial charge in [-0.2, -0.15) is 0 Å². The Morgan fingerprint density at radius 2 is 2.00 bits per heavy atom. The Labute approximate surface area is 155 Å². The van der Waals surface area contributed by atoms with Gasteiger partial charge in [-0.25, -0.2) is 4.79 Å². The van der Waals surface area contributed by atoms with Crippen molar-refractivity contribution in [2.24, 2.45) is 5.92 Å². The van der Waals surface area contributed by atoms with E-state index in [-0.39, 0.29) is 30.3 Å². The number of rotatable bonds is 6. The lowest BCUT2D eigenvalue weighted by atomic mass is 9.96. The molecule has 1 heterocycles. The molecule has 2 fully saturated rings. The first-order valence-electron chi connectivity index (χ1n) is 8.54. The van der Waals surface area contributed by atoms with E-state index in [1.807, 2.05) is 31.2 Å². The molecular formula is C18H22BrN3O3. The van der Waals surface area contributed by atoms with Crippen molar-refractivity contribution in [3.05, 3.63) is 34.3 Å². The topological polar surface area (TPSA) is 78.5 Å². The van der Waals surface area contributed by atoms with Crippen LogP contribution in [0.1, 0.15) is 44.7 Å². The minimum absolute atomic E-state index is 0.156. The molecule has 1 saturated heterocycles. The van der Waals surface area contributed by atoms with Gasteiger partial charge in [0, 0.05) is 4.47 Å². The fraction of sp³-hybridized carbons (Fsp3) is 0.500. The second-order valence-electron chi connectivity index (χ2n) is 6.88. The monoisotopic (exact) mass is 407 g/mol. The van der Waals surface area contributed by atoms with Crippen molar-refractivity contribution in [3.63, 3.8) is 0 Å². The number of amides is 4. The normalized spacial score (nSPS) is 24.2. The first kappa shape index (κ1) is 17.9. The van der Waals surface area contributed by atoms with Crippen molar-refractivity contribution in [3.8, 4) is 0 Å². The van der Waals surface area contributed by atoms with Gasteiger partial charge in [-0.15, -0.1) is 0 Å². The Kier molecular flexibility index (Phi) is 4.86. The highest BCUT2D eigenvalue weighted by Gasteiger charge is 2.56. The molecule has 0 aromatic heterocycles. The second kappa shape index (κ2) is 6.78. The predicted octanol–water partition coefficient (Wildman–Crippen LogP) is 2.74. The number of urea groups is 1. The number of hydrogen-bond acceptors (Lipinski definition) is 3. The fourth-order valence-corrected chi connectivity index (χ4v) is 3.56. The molecule has 134 valence electrons. The van der Waals surface area contributed by atoms with Crippen molar-refractivity contribution in [2.45, 2.75) is 44.7 Å². The van der Waals surface area contributed by atoms with E-state index in [0.717, 1.165) is 27.8 Å². The maximum absolute atomic E-state index is 12.6. The SMILES string of the molecule is CCC(NC(=O)CN1C(=O)NC(C)(C2CC2)C1=O)c1ccc(Br)cc1. The summed E-state index contributed by atoms with van der Waals surface area (Å²) in [4.78, 5) is 38.1. The molecule has 0 spiro atoms. The Bertz CT molecular complexity index is 702. The summed E-state index contributed by atoms with van der Waals surface area (Å²) >= 11 is 3.39. The lowest BCUT2D eigenvalue weighted by molar-refractivity contribution is -0.135. The number of halogens is 1. The largest absolute Gasteiger partial charge is 0.348 e. The van der Waals surface area contributed by atoms with Gasteiger partial charge in [0.05, 0.1) is 6.04 Å². The fourth-order valence-electron chi connectivity index (χ4n) is 3.30. The number of hydrogen-bond donors (Lipinski definition) is 2. The zero-order valence-electron chi connectivity index (χ0n) is 14.3. The van der Waals surface area contributed by atoms with Gasteiger partial charge in [-0.1, -0.05) is 35.0 Å². The third kappa shape index (κ3) is 3.56. The summed E-state index contributed by atoms with van der Waals surface area (Å²) in [5.41, 5.74) is 0.131. The molecule has 6 nitrogen and oxygen atoms in total. The molecule has 7 heteroatoms. The number of carbonyl (C=O) groups excluding carboxylic acids is 3. The van der Waals surface area contributed by atoms with Crippen molar-refractivity contribution >= 4 is 33.8 Å². The molecule has 25 heavy (non-hydrogen) atoms. The first-order chi connectivity index (χ1) is 11.8. The van der Waals surface area contributed by atoms with Gasteiger partial charge >= 0.3 is 6.03 Å². The molecule has 2 unspecified atom stereocenters. The van der Waals surface area contributed by atoms with Gasteiger partial charge in [-0.3, -0.25) is 14.5 Å². The standard InChI is InChI=1S/C18H22BrN3O3/c1-3-14(11-4-8-13(19)9-5-11)20-15(23)10-22-16(24)18(2,12-6-7-12)21-17(22)25/h4-5,8-9,12,14H,3,6-7,10H2,1-2H3,(H,20,23)(H,21,25). The van der Waals surface area contributed by atoms with E-state index in [2.05, 4.69) is 26.6 Å². The molecule has 1 aromatic carbocycles. The highest BCUT2D eigenvalue weighted by atomic mass is 79.9. The van der Waals surface area contributed by atoms with E-state index in [9.17, 15) is 14.4 Å². The van der Waals surface area contributed by atoms with E-state index >= 15 is 0 Å². The quantitative estimate of drug-likeness (QED) is 0.711. The molecule has 1 aromatic rings. The summed E-state index contributed by atoms with van der Waals surface area (Å²) in [6.45, 7) is 3.48. The number of imide groups is 1. The first-order valence-corrected chi connectivity index (χ1v) is 9.33. The number of benzene rings is 1. The Morgan fingerprint density at radius 1 is 1.36 bits per heavy atom. The van der Waals surface area contributed by atoms with Crippen LogP contribution in [0.4, 0.5) is 4.79 Å². The minimum atomic E-state index is -0.854. The Morgan fingerprint density at radius 3 is 2.56 bits per heavy atom. The maximum Gasteiger partial charge on any atom is 0.325 e. The molecule has 2 aliphatic rings. The van der Waals surface area contributed by atoms with Crippen LogP contribution in [-0.2, 0) is 9.59 Å². The molecule has 2 N–H and O–H groups in total. The van der Waals surface area contributed by atoms with Crippen molar-refractivity contribution in [1.29, 1.82) is 0 Å². The average molecular weight is 408 g/mol. The molecule has 4 amide bonds. The van der Waals surface area contributed by atoms with Crippen LogP contribution in [0.5, 0.6) is 0 Å². The zero-order valence-corrected chi connectivity index (χ0v) is 15.9. The van der Waals surface area contributed by atoms with Gasteiger partial charge < -0.3 is 10.6 Å². The summed E-state index contributed by atoms with van der Waals surface area (Å²) in [6.07, 6.45) is 2.58. The molecule has 1 saturated carbocycles. The van der Waals surface area contributed by atoms with Crippen molar-refractivity contribution in [1.82, 2.24) is 15.5 Å². The molecule has 3 rings (SSSR count). The summed E-state index contributed by atoms with van der Waals surface area (Å²) in [5.74, 6) is -0.451. The molecule has 0 radical (unpaired) electrons. The number of carbonyl (C=O) groups is 3. The molecule has 1 aliphatic carbocycles. The van der Waals surface area contributed by atoms with Gasteiger partial charge in [0.15, 0.2) is 0 Å². The van der Waals surface area contributed by atoms with Gasteiger partial charge in [0.1, 0.15) is 12.1 Å². The van der Waals surface area contributed by atoms with E-state index in [0.29, 0.717) is 6.42 Å². The average Bonchev–Trinajstić information content (AvgIpc) is 3.40. The van der Waals surface area contributed by atoms with Crippen LogP contribution in [0.2, 0.25) is 0 Å².